The minimum Gasteiger partial charge on any atom is -0.314 e. The molecule has 0 amide bonds. The predicted octanol–water partition coefficient (Wildman–Crippen LogP) is 4.69. The molecule has 0 aromatic heterocycles. The van der Waals surface area contributed by atoms with E-state index < -0.39 is 0 Å². The summed E-state index contributed by atoms with van der Waals surface area (Å²) in [5.41, 5.74) is 3.16. The van der Waals surface area contributed by atoms with Gasteiger partial charge in [0.15, 0.2) is 0 Å². The van der Waals surface area contributed by atoms with Gasteiger partial charge in [-0.2, -0.15) is 0 Å². The van der Waals surface area contributed by atoms with Gasteiger partial charge in [0.05, 0.1) is 0 Å². The van der Waals surface area contributed by atoms with E-state index >= 15 is 0 Å². The Morgan fingerprint density at radius 3 is 2.16 bits per heavy atom. The topological polar surface area (TPSA) is 12.0 Å². The van der Waals surface area contributed by atoms with Crippen molar-refractivity contribution in [3.63, 3.8) is 0 Å². The van der Waals surface area contributed by atoms with Crippen molar-refractivity contribution >= 4 is 0 Å². The van der Waals surface area contributed by atoms with Gasteiger partial charge in [-0.3, -0.25) is 0 Å². The van der Waals surface area contributed by atoms with Crippen molar-refractivity contribution in [3.05, 3.63) is 35.4 Å². The third-order valence-electron chi connectivity index (χ3n) is 3.82. The van der Waals surface area contributed by atoms with Crippen LogP contribution in [0.2, 0.25) is 0 Å². The highest BCUT2D eigenvalue weighted by molar-refractivity contribution is 5.27. The maximum atomic E-state index is 3.55. The third kappa shape index (κ3) is 5.78. The number of hydrogen-bond donors (Lipinski definition) is 1. The first kappa shape index (κ1) is 16.2. The molecule has 0 heterocycles. The zero-order valence-corrected chi connectivity index (χ0v) is 13.4. The fraction of sp³-hybridized carbons (Fsp3) is 0.667. The lowest BCUT2D eigenvalue weighted by molar-refractivity contribution is 0.467. The Bertz CT molecular complexity index is 345. The van der Waals surface area contributed by atoms with Crippen LogP contribution in [0.3, 0.4) is 0 Å². The summed E-state index contributed by atoms with van der Waals surface area (Å²) in [6.07, 6.45) is 4.99. The Hall–Kier alpha value is -0.820. The maximum absolute atomic E-state index is 3.55. The molecule has 0 saturated carbocycles. The number of rotatable bonds is 7. The van der Waals surface area contributed by atoms with Crippen LogP contribution in [-0.2, 0) is 11.8 Å². The summed E-state index contributed by atoms with van der Waals surface area (Å²) in [5.74, 6) is 0. The number of benzene rings is 1. The van der Waals surface area contributed by atoms with Gasteiger partial charge < -0.3 is 5.32 Å². The minimum absolute atomic E-state index is 0.261. The van der Waals surface area contributed by atoms with E-state index in [4.69, 9.17) is 0 Å². The highest BCUT2D eigenvalue weighted by Crippen LogP contribution is 2.22. The number of aryl methyl sites for hydroxylation is 1. The van der Waals surface area contributed by atoms with E-state index in [1.165, 1.54) is 36.8 Å². The van der Waals surface area contributed by atoms with Gasteiger partial charge in [-0.05, 0) is 48.8 Å². The quantitative estimate of drug-likeness (QED) is 0.750. The van der Waals surface area contributed by atoms with Crippen LogP contribution < -0.4 is 5.32 Å². The first-order valence-electron chi connectivity index (χ1n) is 7.80. The summed E-state index contributed by atoms with van der Waals surface area (Å²) < 4.78 is 0. The molecule has 0 spiro atoms. The van der Waals surface area contributed by atoms with Crippen LogP contribution in [0.1, 0.15) is 65.0 Å². The van der Waals surface area contributed by atoms with E-state index in [0.717, 1.165) is 6.54 Å². The smallest absolute Gasteiger partial charge is 0.00644 e. The summed E-state index contributed by atoms with van der Waals surface area (Å²) in [6.45, 7) is 12.3. The third-order valence-corrected chi connectivity index (χ3v) is 3.82. The minimum atomic E-state index is 0.261. The van der Waals surface area contributed by atoms with Crippen LogP contribution in [0.25, 0.3) is 0 Å². The van der Waals surface area contributed by atoms with Gasteiger partial charge in [0.25, 0.3) is 0 Å². The zero-order chi connectivity index (χ0) is 14.3. The fourth-order valence-corrected chi connectivity index (χ4v) is 2.46. The molecule has 0 saturated heterocycles. The van der Waals surface area contributed by atoms with Gasteiger partial charge in [0, 0.05) is 6.04 Å². The van der Waals surface area contributed by atoms with E-state index in [0.29, 0.717) is 6.04 Å². The van der Waals surface area contributed by atoms with Crippen LogP contribution in [0.15, 0.2) is 24.3 Å². The second-order valence-electron chi connectivity index (χ2n) is 6.50. The van der Waals surface area contributed by atoms with E-state index in [9.17, 15) is 0 Å². The summed E-state index contributed by atoms with van der Waals surface area (Å²) in [7, 11) is 0. The van der Waals surface area contributed by atoms with Crippen molar-refractivity contribution in [2.75, 3.05) is 6.54 Å². The molecule has 1 N–H and O–H groups in total. The largest absolute Gasteiger partial charge is 0.314 e. The summed E-state index contributed by atoms with van der Waals surface area (Å²) in [4.78, 5) is 0. The second-order valence-corrected chi connectivity index (χ2v) is 6.50. The molecule has 108 valence electrons. The fourth-order valence-electron chi connectivity index (χ4n) is 2.46. The highest BCUT2D eigenvalue weighted by Gasteiger charge is 2.12. The molecule has 1 unspecified atom stereocenters. The van der Waals surface area contributed by atoms with Crippen LogP contribution in [0, 0.1) is 0 Å². The maximum Gasteiger partial charge on any atom is 0.00644 e. The molecule has 1 aromatic rings. The van der Waals surface area contributed by atoms with E-state index in [-0.39, 0.29) is 5.41 Å². The molecular weight excluding hydrogens is 230 g/mol. The average Bonchev–Trinajstić information content (AvgIpc) is 2.37. The van der Waals surface area contributed by atoms with Crippen molar-refractivity contribution < 1.29 is 0 Å². The molecular formula is C18H31N. The van der Waals surface area contributed by atoms with E-state index in [2.05, 4.69) is 64.2 Å². The molecule has 0 radical (unpaired) electrons. The monoisotopic (exact) mass is 261 g/mol. The molecule has 19 heavy (non-hydrogen) atoms. The normalized spacial score (nSPS) is 13.5. The SMILES string of the molecule is CCNC(CC)CCCc1ccc(C(C)(C)C)cc1. The number of hydrogen-bond acceptors (Lipinski definition) is 1. The van der Waals surface area contributed by atoms with Gasteiger partial charge >= 0.3 is 0 Å². The Balaban J connectivity index is 2.42. The van der Waals surface area contributed by atoms with Gasteiger partial charge in [0.1, 0.15) is 0 Å². The Morgan fingerprint density at radius 2 is 1.68 bits per heavy atom. The molecule has 1 atom stereocenters. The zero-order valence-electron chi connectivity index (χ0n) is 13.4. The van der Waals surface area contributed by atoms with Gasteiger partial charge in [-0.1, -0.05) is 58.9 Å². The van der Waals surface area contributed by atoms with Gasteiger partial charge in [-0.25, -0.2) is 0 Å². The summed E-state index contributed by atoms with van der Waals surface area (Å²) in [5, 5.41) is 3.55. The van der Waals surface area contributed by atoms with Crippen LogP contribution in [0.5, 0.6) is 0 Å². The Labute approximate surface area is 119 Å². The van der Waals surface area contributed by atoms with Crippen LogP contribution in [-0.4, -0.2) is 12.6 Å². The Kier molecular flexibility index (Phi) is 6.57. The molecule has 0 bridgehead atoms. The highest BCUT2D eigenvalue weighted by atomic mass is 14.9. The van der Waals surface area contributed by atoms with E-state index in [1.54, 1.807) is 0 Å². The molecule has 1 heteroatoms. The molecule has 0 aliphatic rings. The molecule has 0 fully saturated rings. The summed E-state index contributed by atoms with van der Waals surface area (Å²) in [6, 6.07) is 9.87. The first-order chi connectivity index (χ1) is 8.97. The van der Waals surface area contributed by atoms with Crippen molar-refractivity contribution in [1.29, 1.82) is 0 Å². The van der Waals surface area contributed by atoms with Crippen molar-refractivity contribution in [3.8, 4) is 0 Å². The molecule has 1 rings (SSSR count). The lowest BCUT2D eigenvalue weighted by Gasteiger charge is -2.19. The molecule has 1 nitrogen and oxygen atoms in total. The van der Waals surface area contributed by atoms with Crippen molar-refractivity contribution in [2.45, 2.75) is 71.8 Å². The predicted molar refractivity (Wildman–Crippen MR) is 85.8 cm³/mol. The average molecular weight is 261 g/mol. The van der Waals surface area contributed by atoms with Gasteiger partial charge in [0.2, 0.25) is 0 Å². The molecule has 0 aliphatic heterocycles. The lowest BCUT2D eigenvalue weighted by Crippen LogP contribution is -2.28. The number of nitrogens with one attached hydrogen (secondary N) is 1. The molecule has 1 aromatic carbocycles. The van der Waals surface area contributed by atoms with E-state index in [1.807, 2.05) is 0 Å². The first-order valence-corrected chi connectivity index (χ1v) is 7.80. The summed E-state index contributed by atoms with van der Waals surface area (Å²) >= 11 is 0. The second kappa shape index (κ2) is 7.69. The standard InChI is InChI=1S/C18H31N/c1-6-17(19-7-2)10-8-9-15-11-13-16(14-12-15)18(3,4)5/h11-14,17,19H,6-10H2,1-5H3. The molecule has 0 aliphatic carbocycles. The van der Waals surface area contributed by atoms with Crippen molar-refractivity contribution in [2.24, 2.45) is 0 Å². The van der Waals surface area contributed by atoms with Crippen LogP contribution in [0.4, 0.5) is 0 Å². The van der Waals surface area contributed by atoms with Gasteiger partial charge in [-0.15, -0.1) is 0 Å². The van der Waals surface area contributed by atoms with Crippen molar-refractivity contribution in [1.82, 2.24) is 5.32 Å². The van der Waals surface area contributed by atoms with Crippen LogP contribution >= 0.6 is 0 Å². The Morgan fingerprint density at radius 1 is 1.05 bits per heavy atom. The lowest BCUT2D eigenvalue weighted by atomic mass is 9.86.